The van der Waals surface area contributed by atoms with E-state index in [1.165, 1.54) is 0 Å². The number of rotatable bonds is 1. The van der Waals surface area contributed by atoms with E-state index in [-0.39, 0.29) is 5.56 Å². The van der Waals surface area contributed by atoms with Gasteiger partial charge in [0.15, 0.2) is 5.82 Å². The monoisotopic (exact) mass is 183 g/mol. The molecule has 0 aromatic heterocycles. The third-order valence-corrected chi connectivity index (χ3v) is 1.37. The zero-order valence-electron chi connectivity index (χ0n) is 6.25. The first kappa shape index (κ1) is 9.13. The van der Waals surface area contributed by atoms with E-state index in [4.69, 9.17) is 6.42 Å². The Morgan fingerprint density at radius 1 is 1.46 bits per heavy atom. The molecule has 0 bridgehead atoms. The highest BCUT2D eigenvalue weighted by Crippen LogP contribution is 2.21. The zero-order chi connectivity index (χ0) is 10.0. The van der Waals surface area contributed by atoms with Crippen LogP contribution in [0.15, 0.2) is 12.1 Å². The van der Waals surface area contributed by atoms with E-state index in [0.29, 0.717) is 0 Å². The minimum Gasteiger partial charge on any atom is -0.258 e. The van der Waals surface area contributed by atoms with Crippen LogP contribution in [0.25, 0.3) is 0 Å². The van der Waals surface area contributed by atoms with E-state index >= 15 is 0 Å². The molecule has 0 radical (unpaired) electrons. The van der Waals surface area contributed by atoms with Gasteiger partial charge >= 0.3 is 5.69 Å². The molecule has 0 atom stereocenters. The van der Waals surface area contributed by atoms with Crippen molar-refractivity contribution in [1.29, 1.82) is 0 Å². The molecule has 13 heavy (non-hydrogen) atoms. The maximum Gasteiger partial charge on any atom is 0.309 e. The van der Waals surface area contributed by atoms with Gasteiger partial charge in [-0.05, 0) is 6.07 Å². The van der Waals surface area contributed by atoms with Crippen molar-refractivity contribution in [2.45, 2.75) is 0 Å². The van der Waals surface area contributed by atoms with Gasteiger partial charge < -0.3 is 0 Å². The molecule has 0 unspecified atom stereocenters. The number of nitrogens with zero attached hydrogens (tertiary/aromatic N) is 1. The molecule has 1 rings (SSSR count). The summed E-state index contributed by atoms with van der Waals surface area (Å²) in [5.41, 5.74) is -1.02. The van der Waals surface area contributed by atoms with Crippen molar-refractivity contribution < 1.29 is 13.7 Å². The van der Waals surface area contributed by atoms with E-state index in [1.54, 1.807) is 0 Å². The minimum absolute atomic E-state index is 0.0643. The predicted octanol–water partition coefficient (Wildman–Crippen LogP) is 1.85. The first-order valence-electron chi connectivity index (χ1n) is 3.16. The van der Waals surface area contributed by atoms with Gasteiger partial charge in [0, 0.05) is 11.6 Å². The Balaban J connectivity index is 3.44. The van der Waals surface area contributed by atoms with E-state index < -0.39 is 22.2 Å². The van der Waals surface area contributed by atoms with Crippen molar-refractivity contribution in [3.8, 4) is 12.3 Å². The molecule has 5 heteroatoms. The lowest BCUT2D eigenvalue weighted by Gasteiger charge is -1.96. The molecule has 1 aromatic carbocycles. The van der Waals surface area contributed by atoms with Gasteiger partial charge in [0.25, 0.3) is 0 Å². The quantitative estimate of drug-likeness (QED) is 0.379. The SMILES string of the molecule is C#Cc1cc(F)c(F)c([N+](=O)[O-])c1. The molecule has 0 saturated heterocycles. The third-order valence-electron chi connectivity index (χ3n) is 1.37. The number of hydrogen-bond donors (Lipinski definition) is 0. The van der Waals surface area contributed by atoms with Gasteiger partial charge in [-0.2, -0.15) is 4.39 Å². The summed E-state index contributed by atoms with van der Waals surface area (Å²) >= 11 is 0. The Labute approximate surface area is 72.1 Å². The van der Waals surface area contributed by atoms with Gasteiger partial charge in [0.1, 0.15) is 0 Å². The number of halogens is 2. The summed E-state index contributed by atoms with van der Waals surface area (Å²) in [5, 5.41) is 10.2. The first-order chi connectivity index (χ1) is 6.06. The fraction of sp³-hybridized carbons (Fsp3) is 0. The van der Waals surface area contributed by atoms with Crippen molar-refractivity contribution in [2.24, 2.45) is 0 Å². The van der Waals surface area contributed by atoms with Gasteiger partial charge in [-0.3, -0.25) is 10.1 Å². The van der Waals surface area contributed by atoms with Crippen LogP contribution in [0.2, 0.25) is 0 Å². The van der Waals surface area contributed by atoms with E-state index in [2.05, 4.69) is 0 Å². The summed E-state index contributed by atoms with van der Waals surface area (Å²) in [6.07, 6.45) is 4.88. The molecule has 0 fully saturated rings. The highest BCUT2D eigenvalue weighted by Gasteiger charge is 2.19. The van der Waals surface area contributed by atoms with Crippen molar-refractivity contribution in [2.75, 3.05) is 0 Å². The number of benzene rings is 1. The maximum atomic E-state index is 12.7. The number of terminal acetylenes is 1. The van der Waals surface area contributed by atoms with Gasteiger partial charge in [-0.15, -0.1) is 6.42 Å². The Morgan fingerprint density at radius 3 is 2.54 bits per heavy atom. The Kier molecular flexibility index (Phi) is 2.24. The average molecular weight is 183 g/mol. The highest BCUT2D eigenvalue weighted by atomic mass is 19.2. The molecule has 0 amide bonds. The molecule has 0 aliphatic carbocycles. The van der Waals surface area contributed by atoms with E-state index in [0.717, 1.165) is 12.1 Å². The summed E-state index contributed by atoms with van der Waals surface area (Å²) in [4.78, 5) is 9.14. The first-order valence-corrected chi connectivity index (χ1v) is 3.16. The second kappa shape index (κ2) is 3.19. The van der Waals surface area contributed by atoms with Crippen molar-refractivity contribution in [1.82, 2.24) is 0 Å². The van der Waals surface area contributed by atoms with Crippen LogP contribution in [0.3, 0.4) is 0 Å². The van der Waals surface area contributed by atoms with Crippen LogP contribution in [0.4, 0.5) is 14.5 Å². The summed E-state index contributed by atoms with van der Waals surface area (Å²) in [6.45, 7) is 0. The van der Waals surface area contributed by atoms with Gasteiger partial charge in [-0.25, -0.2) is 4.39 Å². The standard InChI is InChI=1S/C8H3F2NO2/c1-2-5-3-6(9)8(10)7(4-5)11(12)13/h1,3-4H. The summed E-state index contributed by atoms with van der Waals surface area (Å²) in [7, 11) is 0. The molecule has 0 aliphatic heterocycles. The maximum absolute atomic E-state index is 12.7. The average Bonchev–Trinajstić information content (AvgIpc) is 2.09. The van der Waals surface area contributed by atoms with Gasteiger partial charge in [-0.1, -0.05) is 5.92 Å². The lowest BCUT2D eigenvalue weighted by atomic mass is 10.2. The minimum atomic E-state index is -1.50. The van der Waals surface area contributed by atoms with Crippen LogP contribution in [0.5, 0.6) is 0 Å². The van der Waals surface area contributed by atoms with Gasteiger partial charge in [0.2, 0.25) is 5.82 Å². The molecule has 1 aromatic rings. The Hall–Kier alpha value is -1.96. The second-order valence-electron chi connectivity index (χ2n) is 2.19. The predicted molar refractivity (Wildman–Crippen MR) is 40.9 cm³/mol. The second-order valence-corrected chi connectivity index (χ2v) is 2.19. The summed E-state index contributed by atoms with van der Waals surface area (Å²) < 4.78 is 25.3. The molecule has 0 N–H and O–H groups in total. The number of nitro groups is 1. The Morgan fingerprint density at radius 2 is 2.08 bits per heavy atom. The normalized spacial score (nSPS) is 9.31. The largest absolute Gasteiger partial charge is 0.309 e. The summed E-state index contributed by atoms with van der Waals surface area (Å²) in [6, 6.07) is 1.53. The van der Waals surface area contributed by atoms with Crippen molar-refractivity contribution >= 4 is 5.69 Å². The van der Waals surface area contributed by atoms with Crippen LogP contribution in [-0.4, -0.2) is 4.92 Å². The van der Waals surface area contributed by atoms with Crippen LogP contribution in [0.1, 0.15) is 5.56 Å². The fourth-order valence-corrected chi connectivity index (χ4v) is 0.791. The zero-order valence-corrected chi connectivity index (χ0v) is 6.25. The smallest absolute Gasteiger partial charge is 0.258 e. The molecule has 0 spiro atoms. The number of hydrogen-bond acceptors (Lipinski definition) is 2. The van der Waals surface area contributed by atoms with E-state index in [1.807, 2.05) is 5.92 Å². The highest BCUT2D eigenvalue weighted by molar-refractivity contribution is 5.43. The van der Waals surface area contributed by atoms with Crippen LogP contribution < -0.4 is 0 Å². The lowest BCUT2D eigenvalue weighted by molar-refractivity contribution is -0.387. The van der Waals surface area contributed by atoms with Crippen molar-refractivity contribution in [3.63, 3.8) is 0 Å². The summed E-state index contributed by atoms with van der Waals surface area (Å²) in [5.74, 6) is -0.835. The van der Waals surface area contributed by atoms with Crippen LogP contribution >= 0.6 is 0 Å². The number of nitro benzene ring substituents is 1. The topological polar surface area (TPSA) is 43.1 Å². The molecule has 66 valence electrons. The van der Waals surface area contributed by atoms with Gasteiger partial charge in [0.05, 0.1) is 4.92 Å². The molecular formula is C8H3F2NO2. The Bertz CT molecular complexity index is 409. The molecule has 0 aliphatic rings. The molecule has 0 heterocycles. The van der Waals surface area contributed by atoms with Crippen LogP contribution in [0, 0.1) is 34.1 Å². The van der Waals surface area contributed by atoms with Crippen molar-refractivity contribution in [3.05, 3.63) is 39.4 Å². The van der Waals surface area contributed by atoms with Crippen LogP contribution in [-0.2, 0) is 0 Å². The lowest BCUT2D eigenvalue weighted by Crippen LogP contribution is -1.96. The fourth-order valence-electron chi connectivity index (χ4n) is 0.791. The van der Waals surface area contributed by atoms with E-state index in [9.17, 15) is 18.9 Å². The third kappa shape index (κ3) is 1.62. The molecule has 0 saturated carbocycles. The molecule has 3 nitrogen and oxygen atoms in total. The molecular weight excluding hydrogens is 180 g/mol.